The van der Waals surface area contributed by atoms with Crippen molar-refractivity contribution in [2.75, 3.05) is 0 Å². The molecule has 0 unspecified atom stereocenters. The summed E-state index contributed by atoms with van der Waals surface area (Å²) in [7, 11) is 0. The highest BCUT2D eigenvalue weighted by Gasteiger charge is 2.10. The second kappa shape index (κ2) is 4.86. The number of fused-ring (bicyclic) bond motifs is 1. The number of hydrogen-bond donors (Lipinski definition) is 0. The Kier molecular flexibility index (Phi) is 2.90. The monoisotopic (exact) mass is 250 g/mol. The van der Waals surface area contributed by atoms with E-state index in [0.717, 1.165) is 5.39 Å². The van der Waals surface area contributed by atoms with Crippen molar-refractivity contribution in [3.63, 3.8) is 0 Å². The van der Waals surface area contributed by atoms with E-state index in [0.29, 0.717) is 16.8 Å². The van der Waals surface area contributed by atoms with Crippen molar-refractivity contribution in [1.29, 1.82) is 0 Å². The normalized spacial score (nSPS) is 10.3. The number of carbonyl (C=O) groups is 1. The molecule has 0 saturated heterocycles. The molecule has 0 bridgehead atoms. The van der Waals surface area contributed by atoms with E-state index in [-0.39, 0.29) is 0 Å². The number of benzene rings is 1. The van der Waals surface area contributed by atoms with Crippen LogP contribution in [0.5, 0.6) is 5.75 Å². The predicted octanol–water partition coefficient (Wildman–Crippen LogP) is 2.85. The van der Waals surface area contributed by atoms with Crippen molar-refractivity contribution in [2.45, 2.75) is 0 Å². The number of carbonyl (C=O) groups excluding carboxylic acids is 1. The summed E-state index contributed by atoms with van der Waals surface area (Å²) >= 11 is 0. The number of para-hydroxylation sites is 1. The second-order valence-electron chi connectivity index (χ2n) is 3.96. The molecule has 4 heteroatoms. The fourth-order valence-electron chi connectivity index (χ4n) is 1.81. The number of hydrogen-bond acceptors (Lipinski definition) is 4. The number of pyridine rings is 2. The lowest BCUT2D eigenvalue weighted by atomic mass is 10.2. The van der Waals surface area contributed by atoms with Gasteiger partial charge < -0.3 is 4.74 Å². The van der Waals surface area contributed by atoms with Crippen LogP contribution >= 0.6 is 0 Å². The van der Waals surface area contributed by atoms with Crippen molar-refractivity contribution in [2.24, 2.45) is 0 Å². The molecule has 0 N–H and O–H groups in total. The first-order valence-corrected chi connectivity index (χ1v) is 5.80. The largest absolute Gasteiger partial charge is 0.421 e. The average molecular weight is 250 g/mol. The van der Waals surface area contributed by atoms with Gasteiger partial charge in [0.05, 0.1) is 5.56 Å². The van der Waals surface area contributed by atoms with Crippen LogP contribution in [-0.2, 0) is 0 Å². The number of ether oxygens (including phenoxy) is 1. The molecular weight excluding hydrogens is 240 g/mol. The molecule has 0 fully saturated rings. The van der Waals surface area contributed by atoms with E-state index in [1.165, 1.54) is 0 Å². The molecule has 4 nitrogen and oxygen atoms in total. The second-order valence-corrected chi connectivity index (χ2v) is 3.96. The molecular formula is C15H10N2O2. The van der Waals surface area contributed by atoms with Crippen LogP contribution in [0.15, 0.2) is 61.1 Å². The van der Waals surface area contributed by atoms with Gasteiger partial charge in [0.1, 0.15) is 5.52 Å². The summed E-state index contributed by atoms with van der Waals surface area (Å²) in [5.74, 6) is 0.0421. The summed E-state index contributed by atoms with van der Waals surface area (Å²) in [5.41, 5.74) is 1.13. The van der Waals surface area contributed by atoms with Gasteiger partial charge in [-0.1, -0.05) is 18.2 Å². The van der Waals surface area contributed by atoms with Crippen molar-refractivity contribution >= 4 is 16.9 Å². The zero-order valence-electron chi connectivity index (χ0n) is 9.98. The van der Waals surface area contributed by atoms with Gasteiger partial charge in [0, 0.05) is 24.0 Å². The van der Waals surface area contributed by atoms with Crippen LogP contribution < -0.4 is 4.74 Å². The molecule has 0 saturated carbocycles. The lowest BCUT2D eigenvalue weighted by Gasteiger charge is -2.06. The summed E-state index contributed by atoms with van der Waals surface area (Å²) in [6.45, 7) is 0. The maximum absolute atomic E-state index is 12.0. The molecule has 3 aromatic rings. The Labute approximate surface area is 109 Å². The summed E-state index contributed by atoms with van der Waals surface area (Å²) in [4.78, 5) is 20.1. The van der Waals surface area contributed by atoms with Crippen LogP contribution in [-0.4, -0.2) is 15.9 Å². The molecule has 0 aliphatic carbocycles. The van der Waals surface area contributed by atoms with E-state index in [1.54, 1.807) is 36.8 Å². The van der Waals surface area contributed by atoms with E-state index in [2.05, 4.69) is 9.97 Å². The standard InChI is InChI=1S/C15H10N2O2/c18-15(12-6-9-16-10-7-12)19-13-5-1-3-11-4-2-8-17-14(11)13/h1-10H. The summed E-state index contributed by atoms with van der Waals surface area (Å²) in [5, 5.41) is 0.933. The highest BCUT2D eigenvalue weighted by Crippen LogP contribution is 2.23. The van der Waals surface area contributed by atoms with Gasteiger partial charge in [0.15, 0.2) is 5.75 Å². The molecule has 0 aliphatic heterocycles. The quantitative estimate of drug-likeness (QED) is 0.518. The lowest BCUT2D eigenvalue weighted by molar-refractivity contribution is 0.0736. The van der Waals surface area contributed by atoms with E-state index in [4.69, 9.17) is 4.74 Å². The van der Waals surface area contributed by atoms with Crippen LogP contribution in [0.25, 0.3) is 10.9 Å². The third kappa shape index (κ3) is 2.28. The number of aromatic nitrogens is 2. The fraction of sp³-hybridized carbons (Fsp3) is 0. The Hall–Kier alpha value is -2.75. The Morgan fingerprint density at radius 1 is 0.947 bits per heavy atom. The van der Waals surface area contributed by atoms with Crippen LogP contribution in [0.2, 0.25) is 0 Å². The Balaban J connectivity index is 1.96. The first-order chi connectivity index (χ1) is 9.34. The maximum Gasteiger partial charge on any atom is 0.343 e. The topological polar surface area (TPSA) is 52.1 Å². The van der Waals surface area contributed by atoms with Gasteiger partial charge in [0.25, 0.3) is 0 Å². The highest BCUT2D eigenvalue weighted by molar-refractivity contribution is 5.94. The third-order valence-corrected chi connectivity index (χ3v) is 2.71. The van der Waals surface area contributed by atoms with Gasteiger partial charge in [-0.25, -0.2) is 4.79 Å². The van der Waals surface area contributed by atoms with E-state index >= 15 is 0 Å². The molecule has 2 aromatic heterocycles. The zero-order valence-corrected chi connectivity index (χ0v) is 9.98. The first kappa shape index (κ1) is 11.3. The molecule has 0 amide bonds. The van der Waals surface area contributed by atoms with Crippen LogP contribution in [0.4, 0.5) is 0 Å². The van der Waals surface area contributed by atoms with Crippen molar-refractivity contribution < 1.29 is 9.53 Å². The minimum atomic E-state index is -0.416. The average Bonchev–Trinajstić information content (AvgIpc) is 2.48. The van der Waals surface area contributed by atoms with Crippen LogP contribution in [0.3, 0.4) is 0 Å². The van der Waals surface area contributed by atoms with Gasteiger partial charge >= 0.3 is 5.97 Å². The van der Waals surface area contributed by atoms with Crippen LogP contribution in [0.1, 0.15) is 10.4 Å². The van der Waals surface area contributed by atoms with Gasteiger partial charge in [-0.05, 0) is 24.3 Å². The number of rotatable bonds is 2. The summed E-state index contributed by atoms with van der Waals surface area (Å²) in [6, 6.07) is 12.5. The molecule has 0 radical (unpaired) electrons. The molecule has 19 heavy (non-hydrogen) atoms. The summed E-state index contributed by atoms with van der Waals surface area (Å²) in [6.07, 6.45) is 4.78. The van der Waals surface area contributed by atoms with Gasteiger partial charge in [-0.2, -0.15) is 0 Å². The smallest absolute Gasteiger partial charge is 0.343 e. The zero-order chi connectivity index (χ0) is 13.1. The Morgan fingerprint density at radius 2 is 1.74 bits per heavy atom. The van der Waals surface area contributed by atoms with Crippen molar-refractivity contribution in [1.82, 2.24) is 9.97 Å². The van der Waals surface area contributed by atoms with Crippen molar-refractivity contribution in [3.05, 3.63) is 66.6 Å². The summed E-state index contributed by atoms with van der Waals surface area (Å²) < 4.78 is 5.38. The highest BCUT2D eigenvalue weighted by atomic mass is 16.5. The number of esters is 1. The lowest BCUT2D eigenvalue weighted by Crippen LogP contribution is -2.08. The van der Waals surface area contributed by atoms with Crippen LogP contribution in [0, 0.1) is 0 Å². The van der Waals surface area contributed by atoms with Crippen molar-refractivity contribution in [3.8, 4) is 5.75 Å². The molecule has 0 aliphatic rings. The van der Waals surface area contributed by atoms with Gasteiger partial charge in [-0.15, -0.1) is 0 Å². The molecule has 2 heterocycles. The first-order valence-electron chi connectivity index (χ1n) is 5.80. The molecule has 0 spiro atoms. The number of nitrogens with zero attached hydrogens (tertiary/aromatic N) is 2. The van der Waals surface area contributed by atoms with E-state index in [9.17, 15) is 4.79 Å². The minimum absolute atomic E-state index is 0.416. The van der Waals surface area contributed by atoms with E-state index < -0.39 is 5.97 Å². The minimum Gasteiger partial charge on any atom is -0.421 e. The fourth-order valence-corrected chi connectivity index (χ4v) is 1.81. The SMILES string of the molecule is O=C(Oc1cccc2cccnc12)c1ccncc1. The van der Waals surface area contributed by atoms with Gasteiger partial charge in [-0.3, -0.25) is 9.97 Å². The predicted molar refractivity (Wildman–Crippen MR) is 70.9 cm³/mol. The molecule has 92 valence electrons. The van der Waals surface area contributed by atoms with Gasteiger partial charge in [0.2, 0.25) is 0 Å². The Morgan fingerprint density at radius 3 is 2.58 bits per heavy atom. The third-order valence-electron chi connectivity index (χ3n) is 2.71. The molecule has 0 atom stereocenters. The van der Waals surface area contributed by atoms with E-state index in [1.807, 2.05) is 24.3 Å². The maximum atomic E-state index is 12.0. The Bertz CT molecular complexity index is 721. The molecule has 3 rings (SSSR count). The molecule has 1 aromatic carbocycles.